The van der Waals surface area contributed by atoms with Gasteiger partial charge in [-0.05, 0) is 44.2 Å². The van der Waals surface area contributed by atoms with E-state index in [-0.39, 0.29) is 6.04 Å². The zero-order chi connectivity index (χ0) is 13.5. The van der Waals surface area contributed by atoms with Crippen LogP contribution in [0.15, 0.2) is 24.3 Å². The van der Waals surface area contributed by atoms with Crippen molar-refractivity contribution in [2.24, 2.45) is 5.92 Å². The molecule has 0 radical (unpaired) electrons. The number of fused-ring (bicyclic) bond motifs is 1. The highest BCUT2D eigenvalue weighted by Gasteiger charge is 2.38. The quantitative estimate of drug-likeness (QED) is 0.842. The number of rotatable bonds is 2. The zero-order valence-electron chi connectivity index (χ0n) is 11.4. The van der Waals surface area contributed by atoms with Gasteiger partial charge >= 0.3 is 0 Å². The number of carbonyl (C=O) groups is 1. The monoisotopic (exact) mass is 286 g/mol. The lowest BCUT2D eigenvalue weighted by molar-refractivity contribution is -0.136. The Morgan fingerprint density at radius 1 is 1.20 bits per heavy atom. The van der Waals surface area contributed by atoms with E-state index in [2.05, 4.69) is 23.1 Å². The molecule has 2 heterocycles. The second kappa shape index (κ2) is 4.85. The largest absolute Gasteiger partial charge is 0.333 e. The van der Waals surface area contributed by atoms with Crippen LogP contribution >= 0.6 is 11.3 Å². The Bertz CT molecular complexity index is 614. The number of amides is 1. The fraction of sp³-hybridized carbons (Fsp3) is 0.500. The van der Waals surface area contributed by atoms with E-state index in [0.29, 0.717) is 11.8 Å². The van der Waals surface area contributed by atoms with E-state index in [9.17, 15) is 4.79 Å². The van der Waals surface area contributed by atoms with Crippen molar-refractivity contribution in [3.63, 3.8) is 0 Å². The van der Waals surface area contributed by atoms with Gasteiger partial charge < -0.3 is 4.90 Å². The number of benzene rings is 1. The van der Waals surface area contributed by atoms with Gasteiger partial charge in [-0.2, -0.15) is 0 Å². The third-order valence-electron chi connectivity index (χ3n) is 4.31. The third kappa shape index (κ3) is 2.12. The van der Waals surface area contributed by atoms with Crippen LogP contribution in [0.1, 0.15) is 43.2 Å². The van der Waals surface area contributed by atoms with Crippen molar-refractivity contribution in [2.75, 3.05) is 6.54 Å². The molecule has 1 saturated carbocycles. The van der Waals surface area contributed by atoms with Crippen LogP contribution in [0.2, 0.25) is 0 Å². The molecule has 4 heteroatoms. The Labute approximate surface area is 122 Å². The number of thiazole rings is 1. The van der Waals surface area contributed by atoms with Crippen molar-refractivity contribution in [1.82, 2.24) is 9.88 Å². The highest BCUT2D eigenvalue weighted by atomic mass is 32.1. The van der Waals surface area contributed by atoms with Gasteiger partial charge in [-0.1, -0.05) is 12.1 Å². The minimum Gasteiger partial charge on any atom is -0.333 e. The minimum atomic E-state index is 0.217. The molecular weight excluding hydrogens is 268 g/mol. The molecule has 2 aromatic rings. The Hall–Kier alpha value is -1.42. The normalized spacial score (nSPS) is 23.2. The molecule has 1 aliphatic carbocycles. The third-order valence-corrected chi connectivity index (χ3v) is 5.45. The van der Waals surface area contributed by atoms with Crippen LogP contribution in [-0.4, -0.2) is 22.3 Å². The van der Waals surface area contributed by atoms with Crippen LogP contribution in [-0.2, 0) is 4.79 Å². The molecule has 0 N–H and O–H groups in total. The average Bonchev–Trinajstić information content (AvgIpc) is 3.25. The first-order valence-corrected chi connectivity index (χ1v) is 8.30. The van der Waals surface area contributed by atoms with Crippen molar-refractivity contribution in [1.29, 1.82) is 0 Å². The van der Waals surface area contributed by atoms with Gasteiger partial charge in [0.25, 0.3) is 0 Å². The van der Waals surface area contributed by atoms with E-state index >= 15 is 0 Å². The summed E-state index contributed by atoms with van der Waals surface area (Å²) >= 11 is 1.75. The van der Waals surface area contributed by atoms with E-state index in [1.54, 1.807) is 11.3 Å². The molecule has 1 amide bonds. The highest BCUT2D eigenvalue weighted by molar-refractivity contribution is 7.18. The van der Waals surface area contributed by atoms with Crippen LogP contribution < -0.4 is 0 Å². The molecule has 2 aliphatic rings. The topological polar surface area (TPSA) is 33.2 Å². The van der Waals surface area contributed by atoms with E-state index in [4.69, 9.17) is 4.98 Å². The molecule has 20 heavy (non-hydrogen) atoms. The number of hydrogen-bond donors (Lipinski definition) is 0. The SMILES string of the molecule is O=C(C1CC1)N1CCCCC1c1nc2ccccc2s1. The molecule has 1 atom stereocenters. The summed E-state index contributed by atoms with van der Waals surface area (Å²) in [4.78, 5) is 19.3. The number of nitrogens with zero attached hydrogens (tertiary/aromatic N) is 2. The average molecular weight is 286 g/mol. The predicted molar refractivity (Wildman–Crippen MR) is 80.6 cm³/mol. The molecule has 2 fully saturated rings. The first-order chi connectivity index (χ1) is 9.83. The van der Waals surface area contributed by atoms with Crippen LogP contribution in [0.5, 0.6) is 0 Å². The minimum absolute atomic E-state index is 0.217. The Morgan fingerprint density at radius 3 is 2.85 bits per heavy atom. The lowest BCUT2D eigenvalue weighted by atomic mass is 10.0. The zero-order valence-corrected chi connectivity index (χ0v) is 12.2. The first-order valence-electron chi connectivity index (χ1n) is 7.49. The molecule has 1 aromatic heterocycles. The van der Waals surface area contributed by atoms with Crippen molar-refractivity contribution in [3.8, 4) is 0 Å². The summed E-state index contributed by atoms with van der Waals surface area (Å²) in [6.07, 6.45) is 5.58. The smallest absolute Gasteiger partial charge is 0.226 e. The fourth-order valence-corrected chi connectivity index (χ4v) is 4.16. The van der Waals surface area contributed by atoms with Gasteiger partial charge in [-0.25, -0.2) is 4.98 Å². The molecule has 1 aliphatic heterocycles. The highest BCUT2D eigenvalue weighted by Crippen LogP contribution is 2.39. The lowest BCUT2D eigenvalue weighted by Crippen LogP contribution is -2.39. The number of hydrogen-bond acceptors (Lipinski definition) is 3. The second-order valence-electron chi connectivity index (χ2n) is 5.84. The van der Waals surface area contributed by atoms with E-state index in [1.807, 2.05) is 6.07 Å². The summed E-state index contributed by atoms with van der Waals surface area (Å²) in [7, 11) is 0. The summed E-state index contributed by atoms with van der Waals surface area (Å²) in [5, 5.41) is 1.12. The maximum atomic E-state index is 12.5. The molecule has 1 aromatic carbocycles. The van der Waals surface area contributed by atoms with Gasteiger partial charge in [0.15, 0.2) is 0 Å². The van der Waals surface area contributed by atoms with Gasteiger partial charge in [-0.3, -0.25) is 4.79 Å². The summed E-state index contributed by atoms with van der Waals surface area (Å²) in [5.74, 6) is 0.680. The van der Waals surface area contributed by atoms with Gasteiger partial charge in [0.1, 0.15) is 5.01 Å². The van der Waals surface area contributed by atoms with Crippen molar-refractivity contribution < 1.29 is 4.79 Å². The molecule has 0 spiro atoms. The molecule has 0 bridgehead atoms. The summed E-state index contributed by atoms with van der Waals surface area (Å²) in [6.45, 7) is 0.913. The number of aromatic nitrogens is 1. The van der Waals surface area contributed by atoms with Crippen LogP contribution in [0, 0.1) is 5.92 Å². The Morgan fingerprint density at radius 2 is 2.05 bits per heavy atom. The summed E-state index contributed by atoms with van der Waals surface area (Å²) in [6, 6.07) is 8.48. The van der Waals surface area contributed by atoms with Crippen LogP contribution in [0.25, 0.3) is 10.2 Å². The van der Waals surface area contributed by atoms with Crippen LogP contribution in [0.3, 0.4) is 0 Å². The molecule has 3 nitrogen and oxygen atoms in total. The molecular formula is C16H18N2OS. The van der Waals surface area contributed by atoms with Crippen molar-refractivity contribution in [2.45, 2.75) is 38.1 Å². The maximum absolute atomic E-state index is 12.5. The Kier molecular flexibility index (Phi) is 2.99. The predicted octanol–water partition coefficient (Wildman–Crippen LogP) is 3.76. The maximum Gasteiger partial charge on any atom is 0.226 e. The number of carbonyl (C=O) groups excluding carboxylic acids is 1. The molecule has 1 unspecified atom stereocenters. The molecule has 4 rings (SSSR count). The standard InChI is InChI=1S/C16H18N2OS/c19-16(11-8-9-11)18-10-4-3-6-13(18)15-17-12-5-1-2-7-14(12)20-15/h1-2,5,7,11,13H,3-4,6,8-10H2. The lowest BCUT2D eigenvalue weighted by Gasteiger charge is -2.34. The van der Waals surface area contributed by atoms with Crippen molar-refractivity contribution >= 4 is 27.5 Å². The van der Waals surface area contributed by atoms with Gasteiger partial charge in [0, 0.05) is 12.5 Å². The number of para-hydroxylation sites is 1. The van der Waals surface area contributed by atoms with Gasteiger partial charge in [0.2, 0.25) is 5.91 Å². The summed E-state index contributed by atoms with van der Waals surface area (Å²) < 4.78 is 1.23. The van der Waals surface area contributed by atoms with Crippen molar-refractivity contribution in [3.05, 3.63) is 29.3 Å². The van der Waals surface area contributed by atoms with Gasteiger partial charge in [-0.15, -0.1) is 11.3 Å². The van der Waals surface area contributed by atoms with E-state index in [0.717, 1.165) is 42.8 Å². The number of likely N-dealkylation sites (tertiary alicyclic amines) is 1. The molecule has 1 saturated heterocycles. The van der Waals surface area contributed by atoms with E-state index in [1.165, 1.54) is 11.1 Å². The van der Waals surface area contributed by atoms with Gasteiger partial charge in [0.05, 0.1) is 16.3 Å². The molecule has 104 valence electrons. The van der Waals surface area contributed by atoms with E-state index < -0.39 is 0 Å². The number of piperidine rings is 1. The first kappa shape index (κ1) is 12.3. The Balaban J connectivity index is 1.68. The van der Waals surface area contributed by atoms with Crippen LogP contribution in [0.4, 0.5) is 0 Å². The second-order valence-corrected chi connectivity index (χ2v) is 6.90. The fourth-order valence-electron chi connectivity index (χ4n) is 3.05. The summed E-state index contributed by atoms with van der Waals surface area (Å²) in [5.41, 5.74) is 1.07.